The van der Waals surface area contributed by atoms with Crippen LogP contribution in [0.3, 0.4) is 0 Å². The van der Waals surface area contributed by atoms with Gasteiger partial charge in [-0.05, 0) is 34.4 Å². The van der Waals surface area contributed by atoms with E-state index in [9.17, 15) is 26.3 Å². The molecule has 2 nitrogen and oxygen atoms in total. The quantitative estimate of drug-likeness (QED) is 0.173. The number of hydrogen-bond acceptors (Lipinski definition) is 1. The maximum Gasteiger partial charge on any atom is 0.416 e. The molecule has 1 atom stereocenters. The van der Waals surface area contributed by atoms with E-state index < -0.39 is 29.5 Å². The van der Waals surface area contributed by atoms with E-state index >= 15 is 0 Å². The number of fused-ring (bicyclic) bond motifs is 1. The van der Waals surface area contributed by atoms with Crippen LogP contribution in [-0.4, -0.2) is 0 Å². The first-order chi connectivity index (χ1) is 13.6. The summed E-state index contributed by atoms with van der Waals surface area (Å²) in [6, 6.07) is 16.6. The molecule has 0 bridgehead atoms. The van der Waals surface area contributed by atoms with E-state index in [1.807, 2.05) is 0 Å². The molecular formula is C21H12F6IrN2. The molecular weight excluding hydrogens is 586 g/mol. The third-order valence-corrected chi connectivity index (χ3v) is 4.59. The average molecular weight is 599 g/mol. The van der Waals surface area contributed by atoms with Gasteiger partial charge in [-0.3, -0.25) is 0 Å². The molecule has 30 heavy (non-hydrogen) atoms. The van der Waals surface area contributed by atoms with Crippen LogP contribution < -0.4 is 4.70 Å². The first-order valence-corrected chi connectivity index (χ1v) is 8.50. The largest absolute Gasteiger partial charge is 0.416 e. The summed E-state index contributed by atoms with van der Waals surface area (Å²) >= 11 is 0. The molecule has 0 fully saturated rings. The molecule has 0 saturated heterocycles. The van der Waals surface area contributed by atoms with Crippen molar-refractivity contribution in [2.24, 2.45) is 5.11 Å². The standard InChI is InChI=1S/C21H12F6N2.Ir/c22-20(23,24)14-10-8-13(9-11-14)19-17-6-1-2-7-18(17)29(28-19)16-5-3-4-15(12-16)21(25,26)27;/h1-4,6-12,19H;. The Morgan fingerprint density at radius 3 is 2.07 bits per heavy atom. The summed E-state index contributed by atoms with van der Waals surface area (Å²) in [4.78, 5) is 0. The minimum Gasteiger partial charge on any atom is -0.170 e. The molecule has 0 spiro atoms. The van der Waals surface area contributed by atoms with Crippen molar-refractivity contribution < 1.29 is 46.4 Å². The van der Waals surface area contributed by atoms with Crippen molar-refractivity contribution in [3.63, 3.8) is 0 Å². The first-order valence-electron chi connectivity index (χ1n) is 8.50. The predicted molar refractivity (Wildman–Crippen MR) is 93.9 cm³/mol. The van der Waals surface area contributed by atoms with Crippen molar-refractivity contribution in [2.75, 3.05) is 0 Å². The van der Waals surface area contributed by atoms with E-state index in [0.29, 0.717) is 16.8 Å². The van der Waals surface area contributed by atoms with Crippen LogP contribution >= 0.6 is 0 Å². The molecule has 1 aliphatic rings. The Bertz CT molecular complexity index is 1090. The molecule has 3 aromatic rings. The fourth-order valence-electron chi connectivity index (χ4n) is 3.20. The maximum atomic E-state index is 13.1. The number of hydrogen-bond donors (Lipinski definition) is 0. The van der Waals surface area contributed by atoms with E-state index in [0.717, 1.165) is 24.3 Å². The van der Waals surface area contributed by atoms with Gasteiger partial charge in [0.25, 0.3) is 0 Å². The summed E-state index contributed by atoms with van der Waals surface area (Å²) in [5.41, 5.74) is 0.208. The monoisotopic (exact) mass is 599 g/mol. The van der Waals surface area contributed by atoms with Gasteiger partial charge in [0.15, 0.2) is 6.04 Å². The number of halogens is 6. The van der Waals surface area contributed by atoms with Gasteiger partial charge in [0.05, 0.1) is 11.1 Å². The van der Waals surface area contributed by atoms with Crippen LogP contribution in [0.1, 0.15) is 28.3 Å². The van der Waals surface area contributed by atoms with Crippen LogP contribution in [0, 0.1) is 6.07 Å². The third kappa shape index (κ3) is 4.18. The Morgan fingerprint density at radius 2 is 1.43 bits per heavy atom. The maximum absolute atomic E-state index is 13.1. The summed E-state index contributed by atoms with van der Waals surface area (Å²) < 4.78 is 79.0. The summed E-state index contributed by atoms with van der Waals surface area (Å²) in [6.45, 7) is 0. The summed E-state index contributed by atoms with van der Waals surface area (Å²) in [5.74, 6) is 0. The molecule has 9 heteroatoms. The summed E-state index contributed by atoms with van der Waals surface area (Å²) in [7, 11) is 0. The second-order valence-corrected chi connectivity index (χ2v) is 6.47. The van der Waals surface area contributed by atoms with E-state index in [1.54, 1.807) is 24.3 Å². The number of nitrogens with zero attached hydrogens (tertiary/aromatic N) is 2. The topological polar surface area (TPSA) is 15.4 Å². The Kier molecular flexibility index (Phi) is 5.89. The van der Waals surface area contributed by atoms with Crippen molar-refractivity contribution in [1.82, 2.24) is 4.70 Å². The van der Waals surface area contributed by atoms with Gasteiger partial charge in [0, 0.05) is 26.2 Å². The van der Waals surface area contributed by atoms with Gasteiger partial charge in [0.2, 0.25) is 5.69 Å². The van der Waals surface area contributed by atoms with Crippen molar-refractivity contribution in [3.05, 3.63) is 95.1 Å². The molecule has 0 saturated carbocycles. The smallest absolute Gasteiger partial charge is 0.170 e. The van der Waals surface area contributed by atoms with E-state index in [4.69, 9.17) is 0 Å². The van der Waals surface area contributed by atoms with Crippen molar-refractivity contribution in [1.29, 1.82) is 0 Å². The van der Waals surface area contributed by atoms with Crippen molar-refractivity contribution in [2.45, 2.75) is 18.4 Å². The van der Waals surface area contributed by atoms with Crippen LogP contribution in [0.25, 0.3) is 0 Å². The van der Waals surface area contributed by atoms with Crippen molar-refractivity contribution in [3.8, 4) is 0 Å². The van der Waals surface area contributed by atoms with Crippen LogP contribution in [0.2, 0.25) is 0 Å². The number of rotatable bonds is 2. The third-order valence-electron chi connectivity index (χ3n) is 4.59. The zero-order valence-electron chi connectivity index (χ0n) is 14.9. The minimum atomic E-state index is -4.52. The van der Waals surface area contributed by atoms with E-state index in [1.165, 1.54) is 22.9 Å². The summed E-state index contributed by atoms with van der Waals surface area (Å²) in [5, 5.41) is 4.46. The molecule has 4 rings (SSSR count). The van der Waals surface area contributed by atoms with Gasteiger partial charge < -0.3 is 0 Å². The van der Waals surface area contributed by atoms with Gasteiger partial charge in [-0.2, -0.15) is 38.5 Å². The van der Waals surface area contributed by atoms with Crippen LogP contribution in [-0.2, 0) is 32.5 Å². The summed E-state index contributed by atoms with van der Waals surface area (Å²) in [6.07, 6.45) is -8.97. The van der Waals surface area contributed by atoms with Gasteiger partial charge in [-0.25, -0.2) is 0 Å². The normalized spacial score (nSPS) is 15.9. The Balaban J connectivity index is 0.00000256. The molecule has 157 valence electrons. The predicted octanol–water partition coefficient (Wildman–Crippen LogP) is 6.91. The van der Waals surface area contributed by atoms with Crippen molar-refractivity contribution >= 4 is 11.4 Å². The second-order valence-electron chi connectivity index (χ2n) is 6.47. The van der Waals surface area contributed by atoms with Crippen LogP contribution in [0.5, 0.6) is 0 Å². The average Bonchev–Trinajstić information content (AvgIpc) is 3.07. The molecule has 1 heterocycles. The second kappa shape index (κ2) is 7.96. The Labute approximate surface area is 181 Å². The minimum absolute atomic E-state index is 0. The van der Waals surface area contributed by atoms with Gasteiger partial charge in [0.1, 0.15) is 5.69 Å². The number of para-hydroxylation sites is 1. The number of alkyl halides is 6. The number of benzene rings is 3. The van der Waals surface area contributed by atoms with Gasteiger partial charge in [-0.15, -0.1) is 6.07 Å². The fourth-order valence-corrected chi connectivity index (χ4v) is 3.20. The molecule has 0 aromatic heterocycles. The van der Waals surface area contributed by atoms with Crippen LogP contribution in [0.4, 0.5) is 37.7 Å². The fraction of sp³-hybridized carbons (Fsp3) is 0.143. The van der Waals surface area contributed by atoms with E-state index in [2.05, 4.69) is 11.2 Å². The molecule has 0 aliphatic carbocycles. The first kappa shape index (κ1) is 22.2. The van der Waals surface area contributed by atoms with Crippen LogP contribution in [0.15, 0.2) is 71.8 Å². The molecule has 3 aromatic carbocycles. The molecule has 0 N–H and O–H groups in total. The molecule has 0 amide bonds. The Morgan fingerprint density at radius 1 is 0.800 bits per heavy atom. The number of azo groups is 2. The zero-order valence-corrected chi connectivity index (χ0v) is 17.3. The molecule has 1 unspecified atom stereocenters. The van der Waals surface area contributed by atoms with Gasteiger partial charge >= 0.3 is 12.4 Å². The zero-order chi connectivity index (χ0) is 20.8. The molecule has 1 aliphatic heterocycles. The SMILES string of the molecule is FC(F)(F)c1ccc(C2N=[N+](c3[c-]ccc(C(F)(F)F)c3)c3ccccc32)cc1.[Ir]. The van der Waals surface area contributed by atoms with Gasteiger partial charge in [-0.1, -0.05) is 35.0 Å². The Hall–Kier alpha value is -2.51. The van der Waals surface area contributed by atoms with E-state index in [-0.39, 0.29) is 25.8 Å². The molecule has 1 radical (unpaired) electrons.